The monoisotopic (exact) mass is 309 g/mol. The second-order valence-corrected chi connectivity index (χ2v) is 4.85. The summed E-state index contributed by atoms with van der Waals surface area (Å²) in [4.78, 5) is 38.5. The SMILES string of the molecule is C=CCCNC(=O)N(CCCC)C(=O)N(CCC=C)C(C)=O. The number of rotatable bonds is 9. The van der Waals surface area contributed by atoms with E-state index >= 15 is 0 Å². The zero-order chi connectivity index (χ0) is 17.0. The number of hydrogen-bond donors (Lipinski definition) is 1. The minimum Gasteiger partial charge on any atom is -0.337 e. The van der Waals surface area contributed by atoms with Crippen LogP contribution in [0.2, 0.25) is 0 Å². The van der Waals surface area contributed by atoms with Crippen LogP contribution in [0, 0.1) is 0 Å². The predicted molar refractivity (Wildman–Crippen MR) is 87.4 cm³/mol. The van der Waals surface area contributed by atoms with Crippen molar-refractivity contribution >= 4 is 18.0 Å². The van der Waals surface area contributed by atoms with Gasteiger partial charge in [0.15, 0.2) is 0 Å². The molecule has 0 rings (SSSR count). The van der Waals surface area contributed by atoms with Crippen molar-refractivity contribution in [2.75, 3.05) is 19.6 Å². The Hall–Kier alpha value is -2.11. The van der Waals surface area contributed by atoms with Crippen molar-refractivity contribution in [2.24, 2.45) is 0 Å². The third-order valence-electron chi connectivity index (χ3n) is 3.00. The third kappa shape index (κ3) is 7.06. The van der Waals surface area contributed by atoms with E-state index in [1.165, 1.54) is 6.92 Å². The summed E-state index contributed by atoms with van der Waals surface area (Å²) < 4.78 is 0. The molecule has 0 saturated heterocycles. The highest BCUT2D eigenvalue weighted by atomic mass is 16.2. The molecule has 0 aromatic rings. The van der Waals surface area contributed by atoms with Crippen LogP contribution in [0.4, 0.5) is 9.59 Å². The lowest BCUT2D eigenvalue weighted by Crippen LogP contribution is -2.52. The molecular weight excluding hydrogens is 282 g/mol. The zero-order valence-corrected chi connectivity index (χ0v) is 13.6. The second kappa shape index (κ2) is 11.5. The summed E-state index contributed by atoms with van der Waals surface area (Å²) >= 11 is 0. The van der Waals surface area contributed by atoms with E-state index in [2.05, 4.69) is 18.5 Å². The van der Waals surface area contributed by atoms with Crippen LogP contribution in [0.1, 0.15) is 39.5 Å². The van der Waals surface area contributed by atoms with Gasteiger partial charge in [-0.25, -0.2) is 14.5 Å². The van der Waals surface area contributed by atoms with Crippen molar-refractivity contribution in [3.05, 3.63) is 25.3 Å². The molecule has 0 aromatic heterocycles. The van der Waals surface area contributed by atoms with Gasteiger partial charge >= 0.3 is 12.1 Å². The first kappa shape index (κ1) is 19.9. The zero-order valence-electron chi connectivity index (χ0n) is 13.6. The van der Waals surface area contributed by atoms with Crippen LogP contribution in [0.5, 0.6) is 0 Å². The van der Waals surface area contributed by atoms with E-state index in [1.54, 1.807) is 12.2 Å². The molecule has 0 saturated carbocycles. The molecule has 0 unspecified atom stereocenters. The summed E-state index contributed by atoms with van der Waals surface area (Å²) in [5, 5.41) is 2.66. The Balaban J connectivity index is 4.98. The molecule has 0 spiro atoms. The maximum Gasteiger partial charge on any atom is 0.334 e. The van der Waals surface area contributed by atoms with E-state index in [0.717, 1.165) is 16.2 Å². The lowest BCUT2D eigenvalue weighted by molar-refractivity contribution is -0.126. The Bertz CT molecular complexity index is 407. The van der Waals surface area contributed by atoms with Gasteiger partial charge in [0.25, 0.3) is 0 Å². The van der Waals surface area contributed by atoms with Gasteiger partial charge in [0.05, 0.1) is 0 Å². The summed E-state index contributed by atoms with van der Waals surface area (Å²) in [6, 6.07) is -1.07. The molecule has 5 amide bonds. The van der Waals surface area contributed by atoms with E-state index in [4.69, 9.17) is 0 Å². The molecule has 22 heavy (non-hydrogen) atoms. The molecular formula is C16H27N3O3. The lowest BCUT2D eigenvalue weighted by Gasteiger charge is -2.27. The van der Waals surface area contributed by atoms with Gasteiger partial charge in [-0.3, -0.25) is 9.69 Å². The van der Waals surface area contributed by atoms with Crippen molar-refractivity contribution < 1.29 is 14.4 Å². The average molecular weight is 309 g/mol. The molecule has 6 nitrogen and oxygen atoms in total. The van der Waals surface area contributed by atoms with Crippen LogP contribution < -0.4 is 5.32 Å². The van der Waals surface area contributed by atoms with Gasteiger partial charge in [-0.1, -0.05) is 25.5 Å². The number of hydrogen-bond acceptors (Lipinski definition) is 3. The fourth-order valence-electron chi connectivity index (χ4n) is 1.73. The minimum absolute atomic E-state index is 0.222. The Labute approximate surface area is 132 Å². The fraction of sp³-hybridized carbons (Fsp3) is 0.562. The van der Waals surface area contributed by atoms with E-state index in [9.17, 15) is 14.4 Å². The molecule has 0 heterocycles. The number of imide groups is 2. The molecule has 0 atom stereocenters. The van der Waals surface area contributed by atoms with Crippen LogP contribution in [-0.2, 0) is 4.79 Å². The number of carbonyl (C=O) groups excluding carboxylic acids is 3. The Morgan fingerprint density at radius 2 is 1.68 bits per heavy atom. The van der Waals surface area contributed by atoms with Gasteiger partial charge < -0.3 is 5.32 Å². The largest absolute Gasteiger partial charge is 0.337 e. The number of amides is 5. The molecule has 0 fully saturated rings. The molecule has 0 aliphatic rings. The lowest BCUT2D eigenvalue weighted by atomic mass is 10.3. The van der Waals surface area contributed by atoms with Crippen LogP contribution in [0.15, 0.2) is 25.3 Å². The van der Waals surface area contributed by atoms with Gasteiger partial charge in [0, 0.05) is 26.6 Å². The van der Waals surface area contributed by atoms with Gasteiger partial charge in [-0.2, -0.15) is 0 Å². The third-order valence-corrected chi connectivity index (χ3v) is 3.00. The molecule has 0 aliphatic carbocycles. The molecule has 1 N–H and O–H groups in total. The van der Waals surface area contributed by atoms with Gasteiger partial charge in [-0.15, -0.1) is 13.2 Å². The highest BCUT2D eigenvalue weighted by Gasteiger charge is 2.27. The molecule has 6 heteroatoms. The number of nitrogens with one attached hydrogen (secondary N) is 1. The summed E-state index contributed by atoms with van der Waals surface area (Å²) in [7, 11) is 0. The molecule has 0 radical (unpaired) electrons. The number of nitrogens with zero attached hydrogens (tertiary/aromatic N) is 2. The van der Waals surface area contributed by atoms with E-state index in [0.29, 0.717) is 25.8 Å². The fourth-order valence-corrected chi connectivity index (χ4v) is 1.73. The van der Waals surface area contributed by atoms with Gasteiger partial charge in [0.2, 0.25) is 5.91 Å². The van der Waals surface area contributed by atoms with E-state index < -0.39 is 12.1 Å². The van der Waals surface area contributed by atoms with Crippen molar-refractivity contribution in [1.29, 1.82) is 0 Å². The first-order valence-corrected chi connectivity index (χ1v) is 7.58. The Kier molecular flexibility index (Phi) is 10.4. The maximum absolute atomic E-state index is 12.5. The van der Waals surface area contributed by atoms with Crippen molar-refractivity contribution in [2.45, 2.75) is 39.5 Å². The maximum atomic E-state index is 12.5. The first-order valence-electron chi connectivity index (χ1n) is 7.58. The minimum atomic E-state index is -0.584. The average Bonchev–Trinajstić information content (AvgIpc) is 2.48. The summed E-state index contributed by atoms with van der Waals surface area (Å²) in [6.45, 7) is 11.4. The normalized spacial score (nSPS) is 9.73. The first-order chi connectivity index (χ1) is 10.5. The summed E-state index contributed by atoms with van der Waals surface area (Å²) in [6.07, 6.45) is 5.96. The highest BCUT2D eigenvalue weighted by molar-refractivity contribution is 6.01. The number of carbonyl (C=O) groups is 3. The molecule has 124 valence electrons. The van der Waals surface area contributed by atoms with Crippen molar-refractivity contribution in [3.8, 4) is 0 Å². The molecule has 0 bridgehead atoms. The summed E-state index contributed by atoms with van der Waals surface area (Å²) in [5.41, 5.74) is 0. The van der Waals surface area contributed by atoms with Crippen LogP contribution in [-0.4, -0.2) is 47.4 Å². The topological polar surface area (TPSA) is 69.7 Å². The van der Waals surface area contributed by atoms with E-state index in [1.807, 2.05) is 6.92 Å². The predicted octanol–water partition coefficient (Wildman–Crippen LogP) is 2.92. The van der Waals surface area contributed by atoms with Crippen LogP contribution in [0.25, 0.3) is 0 Å². The second-order valence-electron chi connectivity index (χ2n) is 4.85. The standard InChI is InChI=1S/C16H27N3O3/c1-5-8-11-17-15(21)19(13-10-7-3)16(22)18(14(4)20)12-9-6-2/h5-6H,1-2,7-13H2,3-4H3,(H,17,21). The smallest absolute Gasteiger partial charge is 0.334 e. The van der Waals surface area contributed by atoms with Gasteiger partial charge in [0.1, 0.15) is 0 Å². The van der Waals surface area contributed by atoms with E-state index in [-0.39, 0.29) is 19.0 Å². The highest BCUT2D eigenvalue weighted by Crippen LogP contribution is 2.05. The van der Waals surface area contributed by atoms with Gasteiger partial charge in [-0.05, 0) is 19.3 Å². The van der Waals surface area contributed by atoms with Crippen LogP contribution >= 0.6 is 0 Å². The number of urea groups is 2. The van der Waals surface area contributed by atoms with Crippen LogP contribution in [0.3, 0.4) is 0 Å². The molecule has 0 aliphatic heterocycles. The Morgan fingerprint density at radius 1 is 1.05 bits per heavy atom. The molecule has 0 aromatic carbocycles. The Morgan fingerprint density at radius 3 is 2.18 bits per heavy atom. The quantitative estimate of drug-likeness (QED) is 0.526. The summed E-state index contributed by atoms with van der Waals surface area (Å²) in [5.74, 6) is -0.382. The number of unbranched alkanes of at least 4 members (excludes halogenated alkanes) is 1. The van der Waals surface area contributed by atoms with Crippen molar-refractivity contribution in [1.82, 2.24) is 15.1 Å². The van der Waals surface area contributed by atoms with Crippen molar-refractivity contribution in [3.63, 3.8) is 0 Å².